The Morgan fingerprint density at radius 3 is 2.44 bits per heavy atom. The van der Waals surface area contributed by atoms with Crippen molar-refractivity contribution in [3.63, 3.8) is 0 Å². The van der Waals surface area contributed by atoms with Gasteiger partial charge in [0.25, 0.3) is 0 Å². The van der Waals surface area contributed by atoms with E-state index in [1.54, 1.807) is 16.4 Å². The quantitative estimate of drug-likeness (QED) is 0.269. The molecular formula is C25H24N6S. The van der Waals surface area contributed by atoms with E-state index in [2.05, 4.69) is 86.2 Å². The second-order valence-corrected chi connectivity index (χ2v) is 8.58. The summed E-state index contributed by atoms with van der Waals surface area (Å²) in [4.78, 5) is 0. The van der Waals surface area contributed by atoms with Crippen LogP contribution in [0, 0.1) is 0 Å². The zero-order valence-electron chi connectivity index (χ0n) is 17.6. The van der Waals surface area contributed by atoms with Crippen molar-refractivity contribution in [3.8, 4) is 5.69 Å². The highest BCUT2D eigenvalue weighted by Gasteiger charge is 2.10. The smallest absolute Gasteiger partial charge is 0.214 e. The summed E-state index contributed by atoms with van der Waals surface area (Å²) in [5, 5.41) is 17.8. The summed E-state index contributed by atoms with van der Waals surface area (Å²) in [7, 11) is 0. The third kappa shape index (κ3) is 4.59. The van der Waals surface area contributed by atoms with Gasteiger partial charge < -0.3 is 9.88 Å². The topological polar surface area (TPSA) is 60.6 Å². The van der Waals surface area contributed by atoms with E-state index in [0.29, 0.717) is 0 Å². The lowest BCUT2D eigenvalue weighted by Crippen LogP contribution is -2.16. The molecule has 0 radical (unpaired) electrons. The first-order valence-electron chi connectivity index (χ1n) is 10.7. The summed E-state index contributed by atoms with van der Waals surface area (Å²) in [5.41, 5.74) is 4.86. The minimum atomic E-state index is 0.803. The van der Waals surface area contributed by atoms with E-state index in [4.69, 9.17) is 0 Å². The van der Waals surface area contributed by atoms with Crippen LogP contribution in [0.4, 0.5) is 0 Å². The molecule has 0 saturated heterocycles. The molecule has 0 aliphatic carbocycles. The summed E-state index contributed by atoms with van der Waals surface area (Å²) in [6, 6.07) is 29.2. The average Bonchev–Trinajstić information content (AvgIpc) is 3.45. The Labute approximate surface area is 191 Å². The molecule has 2 heterocycles. The van der Waals surface area contributed by atoms with Gasteiger partial charge in [0.15, 0.2) is 0 Å². The lowest BCUT2D eigenvalue weighted by Gasteiger charge is -2.05. The van der Waals surface area contributed by atoms with Crippen LogP contribution in [0.25, 0.3) is 16.6 Å². The van der Waals surface area contributed by atoms with Crippen molar-refractivity contribution in [1.29, 1.82) is 0 Å². The van der Waals surface area contributed by atoms with Crippen LogP contribution >= 0.6 is 11.8 Å². The van der Waals surface area contributed by atoms with Crippen LogP contribution in [0.1, 0.15) is 11.1 Å². The first kappa shape index (κ1) is 20.5. The number of hydrogen-bond acceptors (Lipinski definition) is 5. The fraction of sp³-hybridized carbons (Fsp3) is 0.160. The number of rotatable bonds is 9. The Morgan fingerprint density at radius 2 is 1.59 bits per heavy atom. The Kier molecular flexibility index (Phi) is 6.28. The number of nitrogens with zero attached hydrogens (tertiary/aromatic N) is 5. The monoisotopic (exact) mass is 440 g/mol. The lowest BCUT2D eigenvalue weighted by atomic mass is 10.2. The van der Waals surface area contributed by atoms with E-state index < -0.39 is 0 Å². The Hall–Kier alpha value is -3.42. The molecule has 0 unspecified atom stereocenters. The molecule has 0 aliphatic heterocycles. The van der Waals surface area contributed by atoms with Gasteiger partial charge in [-0.15, -0.1) is 5.10 Å². The second kappa shape index (κ2) is 9.80. The van der Waals surface area contributed by atoms with E-state index in [-0.39, 0.29) is 0 Å². The van der Waals surface area contributed by atoms with Crippen LogP contribution in [-0.2, 0) is 13.1 Å². The fourth-order valence-corrected chi connectivity index (χ4v) is 4.60. The van der Waals surface area contributed by atoms with Crippen LogP contribution in [-0.4, -0.2) is 37.1 Å². The molecule has 0 fully saturated rings. The second-order valence-electron chi connectivity index (χ2n) is 7.52. The van der Waals surface area contributed by atoms with Gasteiger partial charge in [-0.2, -0.15) is 4.68 Å². The number of tetrazole rings is 1. The van der Waals surface area contributed by atoms with Crippen molar-refractivity contribution in [3.05, 3.63) is 102 Å². The van der Waals surface area contributed by atoms with Crippen LogP contribution in [0.15, 0.2) is 96.3 Å². The molecule has 1 N–H and O–H groups in total. The fourth-order valence-electron chi connectivity index (χ4n) is 3.81. The number of nitrogens with one attached hydrogen (secondary N) is 1. The molecule has 0 spiro atoms. The van der Waals surface area contributed by atoms with Crippen LogP contribution < -0.4 is 5.32 Å². The maximum atomic E-state index is 4.17. The molecular weight excluding hydrogens is 416 g/mol. The standard InChI is InChI=1S/C25H24N6S/c1-3-9-20(10-4-1)18-30-19-21(23-13-7-8-14-24(23)30)17-26-15-16-32-25-27-28-29-31(25)22-11-5-2-6-12-22/h1-14,19,26H,15-18H2. The summed E-state index contributed by atoms with van der Waals surface area (Å²) < 4.78 is 4.12. The van der Waals surface area contributed by atoms with E-state index in [1.165, 1.54) is 22.0 Å². The van der Waals surface area contributed by atoms with Crippen molar-refractivity contribution < 1.29 is 0 Å². The summed E-state index contributed by atoms with van der Waals surface area (Å²) >= 11 is 1.65. The Bertz CT molecular complexity index is 1280. The number of hydrogen-bond donors (Lipinski definition) is 1. The SMILES string of the molecule is c1ccc(Cn2cc(CNCCSc3nnnn3-c3ccccc3)c3ccccc32)cc1. The van der Waals surface area contributed by atoms with Crippen LogP contribution in [0.5, 0.6) is 0 Å². The number of aromatic nitrogens is 5. The van der Waals surface area contributed by atoms with E-state index in [9.17, 15) is 0 Å². The van der Waals surface area contributed by atoms with Crippen molar-refractivity contribution in [2.75, 3.05) is 12.3 Å². The molecule has 7 heteroatoms. The van der Waals surface area contributed by atoms with Crippen molar-refractivity contribution in [1.82, 2.24) is 30.1 Å². The zero-order valence-corrected chi connectivity index (χ0v) is 18.4. The molecule has 5 aromatic rings. The number of para-hydroxylation sites is 2. The number of thioether (sulfide) groups is 1. The van der Waals surface area contributed by atoms with Crippen molar-refractivity contribution in [2.45, 2.75) is 18.2 Å². The largest absolute Gasteiger partial charge is 0.343 e. The third-order valence-electron chi connectivity index (χ3n) is 5.33. The highest BCUT2D eigenvalue weighted by Crippen LogP contribution is 2.23. The van der Waals surface area contributed by atoms with Gasteiger partial charge >= 0.3 is 0 Å². The lowest BCUT2D eigenvalue weighted by molar-refractivity contribution is 0.725. The van der Waals surface area contributed by atoms with Gasteiger partial charge in [0.05, 0.1) is 5.69 Å². The normalized spacial score (nSPS) is 11.2. The van der Waals surface area contributed by atoms with Crippen LogP contribution in [0.3, 0.4) is 0 Å². The molecule has 0 amide bonds. The highest BCUT2D eigenvalue weighted by atomic mass is 32.2. The summed E-state index contributed by atoms with van der Waals surface area (Å²) in [6.45, 7) is 2.57. The van der Waals surface area contributed by atoms with Crippen molar-refractivity contribution in [2.24, 2.45) is 0 Å². The first-order valence-corrected chi connectivity index (χ1v) is 11.6. The minimum Gasteiger partial charge on any atom is -0.343 e. The predicted molar refractivity (Wildman–Crippen MR) is 129 cm³/mol. The van der Waals surface area contributed by atoms with Gasteiger partial charge in [-0.25, -0.2) is 0 Å². The third-order valence-corrected chi connectivity index (χ3v) is 6.25. The van der Waals surface area contributed by atoms with E-state index in [0.717, 1.165) is 36.2 Å². The molecule has 6 nitrogen and oxygen atoms in total. The Balaban J connectivity index is 1.20. The van der Waals surface area contributed by atoms with Gasteiger partial charge in [0, 0.05) is 42.5 Å². The molecule has 0 bridgehead atoms. The average molecular weight is 441 g/mol. The minimum absolute atomic E-state index is 0.803. The zero-order chi connectivity index (χ0) is 21.6. The molecule has 0 atom stereocenters. The van der Waals surface area contributed by atoms with Crippen LogP contribution in [0.2, 0.25) is 0 Å². The highest BCUT2D eigenvalue weighted by molar-refractivity contribution is 7.99. The van der Waals surface area contributed by atoms with Gasteiger partial charge in [-0.3, -0.25) is 0 Å². The summed E-state index contributed by atoms with van der Waals surface area (Å²) in [5.74, 6) is 0.885. The van der Waals surface area contributed by atoms with Gasteiger partial charge in [-0.05, 0) is 39.8 Å². The maximum Gasteiger partial charge on any atom is 0.214 e. The molecule has 5 rings (SSSR count). The summed E-state index contributed by atoms with van der Waals surface area (Å²) in [6.07, 6.45) is 2.27. The molecule has 0 saturated carbocycles. The number of fused-ring (bicyclic) bond motifs is 1. The molecule has 0 aliphatic rings. The van der Waals surface area contributed by atoms with Gasteiger partial charge in [-0.1, -0.05) is 78.5 Å². The van der Waals surface area contributed by atoms with Crippen molar-refractivity contribution >= 4 is 22.7 Å². The van der Waals surface area contributed by atoms with E-state index in [1.807, 2.05) is 30.3 Å². The maximum absolute atomic E-state index is 4.17. The van der Waals surface area contributed by atoms with Gasteiger partial charge in [0.2, 0.25) is 5.16 Å². The number of benzene rings is 3. The predicted octanol–water partition coefficient (Wildman–Crippen LogP) is 4.55. The Morgan fingerprint density at radius 1 is 0.844 bits per heavy atom. The molecule has 32 heavy (non-hydrogen) atoms. The molecule has 160 valence electrons. The first-order chi connectivity index (χ1) is 15.9. The molecule has 3 aromatic carbocycles. The van der Waals surface area contributed by atoms with Gasteiger partial charge in [0.1, 0.15) is 0 Å². The van der Waals surface area contributed by atoms with E-state index >= 15 is 0 Å². The molecule has 2 aromatic heterocycles.